The number of allylic oxidation sites excluding steroid dienone is 2. The summed E-state index contributed by atoms with van der Waals surface area (Å²) in [6, 6.07) is 41.6. The number of halogens is 2. The van der Waals surface area contributed by atoms with E-state index in [1.807, 2.05) is 18.2 Å². The molecular formula is C91H118F2N2O4. The molecule has 6 nitrogen and oxygen atoms in total. The average molecular weight is 1340 g/mol. The summed E-state index contributed by atoms with van der Waals surface area (Å²) in [6.07, 6.45) is 8.37. The summed E-state index contributed by atoms with van der Waals surface area (Å²) in [6.45, 7) is 59.4. The fraction of sp³-hybridized carbons (Fsp3) is 0.495. The molecule has 1 aliphatic carbocycles. The van der Waals surface area contributed by atoms with Crippen LogP contribution >= 0.6 is 0 Å². The summed E-state index contributed by atoms with van der Waals surface area (Å²) < 4.78 is 50.2. The van der Waals surface area contributed by atoms with Crippen molar-refractivity contribution in [1.29, 1.82) is 0 Å². The number of aromatic nitrogens is 2. The zero-order chi connectivity index (χ0) is 73.1. The predicted molar refractivity (Wildman–Crippen MR) is 416 cm³/mol. The van der Waals surface area contributed by atoms with E-state index in [1.54, 1.807) is 12.1 Å². The van der Waals surface area contributed by atoms with Gasteiger partial charge in [0.1, 0.15) is 29.2 Å². The van der Waals surface area contributed by atoms with Gasteiger partial charge in [-0.15, -0.1) is 0 Å². The Balaban J connectivity index is 1.07. The van der Waals surface area contributed by atoms with Crippen molar-refractivity contribution in [2.45, 2.75) is 251 Å². The van der Waals surface area contributed by atoms with E-state index in [1.165, 1.54) is 46.5 Å². The number of phenols is 1. The van der Waals surface area contributed by atoms with Gasteiger partial charge in [-0.2, -0.15) is 0 Å². The van der Waals surface area contributed by atoms with Crippen LogP contribution in [0.15, 0.2) is 145 Å². The Morgan fingerprint density at radius 3 is 1.27 bits per heavy atom. The molecule has 2 heterocycles. The average Bonchev–Trinajstić information content (AvgIpc) is 1.62. The van der Waals surface area contributed by atoms with Crippen molar-refractivity contribution in [3.8, 4) is 28.3 Å². The van der Waals surface area contributed by atoms with Crippen LogP contribution in [0, 0.1) is 38.7 Å². The highest BCUT2D eigenvalue weighted by Gasteiger charge is 2.48. The fourth-order valence-electron chi connectivity index (χ4n) is 17.3. The molecule has 2 unspecified atom stereocenters. The molecule has 0 aliphatic heterocycles. The van der Waals surface area contributed by atoms with Gasteiger partial charge in [-0.05, 0) is 216 Å². The second kappa shape index (κ2) is 25.8. The maximum Gasteiger partial charge on any atom is 0.218 e. The number of benzene rings is 7. The SMILES string of the molecule is CC(C)(C)CC(C)(C)c1ccc2c(c1)c1cc(C(C)(C)CC(C)(C)C)ccc1n2-c1cc(C(C)(C)C)cc(-c2cc(F)ccc2OCCCOC2(O)C(c3cccc(F)c3)=CC(C(C)(C)C)=CC2n2c3ccc(C(C)(C)CC(C)(C)C)cc3c3cc(C(C)(C)CC(C)(C)C)ccc32)c1O. The minimum atomic E-state index is -2.05. The monoisotopic (exact) mass is 1340 g/mol. The Labute approximate surface area is 593 Å². The predicted octanol–water partition coefficient (Wildman–Crippen LogP) is 25.5. The van der Waals surface area contributed by atoms with E-state index in [2.05, 4.69) is 274 Å². The van der Waals surface area contributed by atoms with Crippen molar-refractivity contribution >= 4 is 49.2 Å². The van der Waals surface area contributed by atoms with Gasteiger partial charge in [0.25, 0.3) is 0 Å². The van der Waals surface area contributed by atoms with Gasteiger partial charge in [0.05, 0.1) is 29.9 Å². The topological polar surface area (TPSA) is 68.8 Å². The van der Waals surface area contributed by atoms with Gasteiger partial charge in [0.2, 0.25) is 5.79 Å². The number of ether oxygens (including phenoxy) is 2. The van der Waals surface area contributed by atoms with Gasteiger partial charge in [-0.1, -0.05) is 222 Å². The molecule has 0 spiro atoms. The normalized spacial score (nSPS) is 16.8. The maximum atomic E-state index is 16.1. The largest absolute Gasteiger partial charge is 0.505 e. The summed E-state index contributed by atoms with van der Waals surface area (Å²) >= 11 is 0. The fourth-order valence-corrected chi connectivity index (χ4v) is 17.3. The molecule has 2 aromatic heterocycles. The number of fused-ring (bicyclic) bond motifs is 6. The lowest BCUT2D eigenvalue weighted by atomic mass is 9.71. The molecule has 2 atom stereocenters. The van der Waals surface area contributed by atoms with E-state index in [0.717, 1.165) is 80.4 Å². The van der Waals surface area contributed by atoms with E-state index in [9.17, 15) is 10.2 Å². The third-order valence-corrected chi connectivity index (χ3v) is 20.6. The molecular weight excluding hydrogens is 1220 g/mol. The molecule has 1 aliphatic rings. The zero-order valence-corrected chi connectivity index (χ0v) is 65.2. The molecule has 9 aromatic rings. The van der Waals surface area contributed by atoms with Gasteiger partial charge < -0.3 is 28.8 Å². The van der Waals surface area contributed by atoms with Gasteiger partial charge in [-0.3, -0.25) is 0 Å². The van der Waals surface area contributed by atoms with Crippen LogP contribution in [-0.4, -0.2) is 38.3 Å². The van der Waals surface area contributed by atoms with Crippen LogP contribution < -0.4 is 4.74 Å². The maximum absolute atomic E-state index is 16.1. The third kappa shape index (κ3) is 15.9. The van der Waals surface area contributed by atoms with Gasteiger partial charge in [0, 0.05) is 55.7 Å². The lowest BCUT2D eigenvalue weighted by molar-refractivity contribution is -0.179. The molecule has 0 saturated heterocycles. The van der Waals surface area contributed by atoms with E-state index in [-0.39, 0.29) is 62.3 Å². The van der Waals surface area contributed by atoms with Crippen molar-refractivity contribution in [3.63, 3.8) is 0 Å². The van der Waals surface area contributed by atoms with Crippen LogP contribution in [-0.2, 0) is 31.8 Å². The first kappa shape index (κ1) is 74.7. The quantitative estimate of drug-likeness (QED) is 0.0664. The van der Waals surface area contributed by atoms with E-state index < -0.39 is 34.3 Å². The first-order valence-electron chi connectivity index (χ1n) is 36.4. The van der Waals surface area contributed by atoms with Crippen molar-refractivity contribution in [3.05, 3.63) is 190 Å². The third-order valence-electron chi connectivity index (χ3n) is 20.6. The highest BCUT2D eigenvalue weighted by molar-refractivity contribution is 6.11. The summed E-state index contributed by atoms with van der Waals surface area (Å²) in [7, 11) is 0. The number of phenolic OH excluding ortho intramolecular Hbond substituents is 1. The zero-order valence-electron chi connectivity index (χ0n) is 65.2. The van der Waals surface area contributed by atoms with Crippen LogP contribution in [0.4, 0.5) is 8.78 Å². The number of hydrogen-bond acceptors (Lipinski definition) is 4. The molecule has 0 amide bonds. The number of aliphatic hydroxyl groups is 1. The van der Waals surface area contributed by atoms with E-state index in [0.29, 0.717) is 40.1 Å². The Hall–Kier alpha value is -7.00. The smallest absolute Gasteiger partial charge is 0.218 e. The molecule has 530 valence electrons. The van der Waals surface area contributed by atoms with E-state index in [4.69, 9.17) is 9.47 Å². The van der Waals surface area contributed by atoms with Gasteiger partial charge in [-0.25, -0.2) is 8.78 Å². The number of hydrogen-bond donors (Lipinski definition) is 2. The molecule has 10 rings (SSSR count). The molecule has 0 saturated carbocycles. The van der Waals surface area contributed by atoms with Crippen LogP contribution in [0.1, 0.15) is 252 Å². The standard InChI is InChI=1S/C91H118F2N2O4/c1-81(2,3)53-87(19,20)58-31-36-73-66(44-58)67-45-59(88(21,22)54-82(4,5)6)32-37-74(67)94(73)77-50-62(85(13,14)15)48-71(80(77)96)70-52-65(93)35-40-78(70)98-41-28-42-99-91(97)72(57-29-27-30-64(92)43-57)49-63(86(16,17)18)51-79(91)95-75-38-33-60(89(23,24)55-83(7,8)9)46-68(75)69-47-61(34-39-76(69)95)90(25,26)56-84(10,11)12/h27,29-40,43-52,79,96-97H,28,41-42,53-56H2,1-26H3. The minimum absolute atomic E-state index is 0.000448. The number of aromatic hydroxyl groups is 1. The summed E-state index contributed by atoms with van der Waals surface area (Å²) in [5.74, 6) is -2.56. The second-order valence-electron chi connectivity index (χ2n) is 39.0. The van der Waals surface area contributed by atoms with Crippen molar-refractivity contribution in [2.24, 2.45) is 27.1 Å². The molecule has 0 radical (unpaired) electrons. The van der Waals surface area contributed by atoms with Crippen molar-refractivity contribution in [1.82, 2.24) is 9.13 Å². The van der Waals surface area contributed by atoms with Crippen molar-refractivity contribution in [2.75, 3.05) is 13.2 Å². The lowest BCUT2D eigenvalue weighted by Crippen LogP contribution is -2.45. The molecule has 7 aromatic carbocycles. The Bertz CT molecular complexity index is 4420. The molecule has 2 N–H and O–H groups in total. The highest BCUT2D eigenvalue weighted by atomic mass is 19.1. The molecule has 0 fully saturated rings. The van der Waals surface area contributed by atoms with E-state index >= 15 is 8.78 Å². The number of nitrogens with zero attached hydrogens (tertiary/aromatic N) is 2. The highest BCUT2D eigenvalue weighted by Crippen LogP contribution is 2.53. The van der Waals surface area contributed by atoms with Crippen LogP contribution in [0.2, 0.25) is 0 Å². The summed E-state index contributed by atoms with van der Waals surface area (Å²) in [5.41, 5.74) is 12.1. The Kier molecular flexibility index (Phi) is 19.5. The first-order valence-corrected chi connectivity index (χ1v) is 36.4. The van der Waals surface area contributed by atoms with Crippen molar-refractivity contribution < 1.29 is 28.5 Å². The Morgan fingerprint density at radius 1 is 0.434 bits per heavy atom. The molecule has 0 bridgehead atoms. The second-order valence-corrected chi connectivity index (χ2v) is 39.0. The molecule has 8 heteroatoms. The lowest BCUT2D eigenvalue weighted by Gasteiger charge is -2.42. The Morgan fingerprint density at radius 2 is 0.859 bits per heavy atom. The minimum Gasteiger partial charge on any atom is -0.505 e. The van der Waals surface area contributed by atoms with Crippen LogP contribution in [0.5, 0.6) is 11.5 Å². The van der Waals surface area contributed by atoms with Gasteiger partial charge in [0.15, 0.2) is 0 Å². The summed E-state index contributed by atoms with van der Waals surface area (Å²) in [4.78, 5) is 0. The first-order chi connectivity index (χ1) is 45.4. The summed E-state index contributed by atoms with van der Waals surface area (Å²) in [5, 5.41) is 31.7. The van der Waals surface area contributed by atoms with Crippen LogP contribution in [0.3, 0.4) is 0 Å². The van der Waals surface area contributed by atoms with Gasteiger partial charge >= 0.3 is 0 Å². The van der Waals surface area contributed by atoms with Crippen LogP contribution in [0.25, 0.3) is 66.0 Å². The molecule has 99 heavy (non-hydrogen) atoms. The number of rotatable bonds is 18.